The monoisotopic (exact) mass is 272 g/mol. The molecule has 0 aromatic heterocycles. The SMILES string of the molecule is CC1OC(=O)OCC1[Se]c1ccccc1. The summed E-state index contributed by atoms with van der Waals surface area (Å²) in [5, 5.41) is 0. The molecule has 1 fully saturated rings. The van der Waals surface area contributed by atoms with Crippen molar-refractivity contribution in [2.24, 2.45) is 0 Å². The fraction of sp³-hybridized carbons (Fsp3) is 0.364. The normalized spacial score (nSPS) is 25.5. The molecule has 0 aliphatic carbocycles. The molecule has 3 nitrogen and oxygen atoms in total. The zero-order valence-electron chi connectivity index (χ0n) is 8.38. The van der Waals surface area contributed by atoms with Crippen molar-refractivity contribution in [3.63, 3.8) is 0 Å². The summed E-state index contributed by atoms with van der Waals surface area (Å²) in [7, 11) is 0. The third-order valence-electron chi connectivity index (χ3n) is 2.20. The van der Waals surface area contributed by atoms with Gasteiger partial charge < -0.3 is 0 Å². The maximum atomic E-state index is 10.8. The Morgan fingerprint density at radius 3 is 2.73 bits per heavy atom. The van der Waals surface area contributed by atoms with Crippen molar-refractivity contribution in [1.29, 1.82) is 0 Å². The minimum atomic E-state index is -0.539. The van der Waals surface area contributed by atoms with Crippen LogP contribution in [0, 0.1) is 0 Å². The standard InChI is InChI=1S/C11H12O3Se/c1-8-10(7-13-11(12)14-8)15-9-5-3-2-4-6-9/h2-6,8,10H,7H2,1H3. The van der Waals surface area contributed by atoms with Gasteiger partial charge in [-0.05, 0) is 0 Å². The van der Waals surface area contributed by atoms with Crippen LogP contribution >= 0.6 is 0 Å². The molecule has 15 heavy (non-hydrogen) atoms. The van der Waals surface area contributed by atoms with Crippen LogP contribution in [0.15, 0.2) is 30.3 Å². The van der Waals surface area contributed by atoms with Gasteiger partial charge >= 0.3 is 94.6 Å². The van der Waals surface area contributed by atoms with Crippen molar-refractivity contribution < 1.29 is 14.3 Å². The number of rotatable bonds is 2. The summed E-state index contributed by atoms with van der Waals surface area (Å²) in [4.78, 5) is 11.2. The molecule has 2 unspecified atom stereocenters. The van der Waals surface area contributed by atoms with E-state index in [9.17, 15) is 4.79 Å². The molecular weight excluding hydrogens is 259 g/mol. The molecule has 1 aliphatic rings. The number of carbonyl (C=O) groups is 1. The van der Waals surface area contributed by atoms with E-state index in [0.29, 0.717) is 26.4 Å². The van der Waals surface area contributed by atoms with Gasteiger partial charge in [0.15, 0.2) is 0 Å². The van der Waals surface area contributed by atoms with Crippen molar-refractivity contribution in [3.8, 4) is 0 Å². The van der Waals surface area contributed by atoms with Gasteiger partial charge in [-0.2, -0.15) is 0 Å². The maximum absolute atomic E-state index is 10.8. The summed E-state index contributed by atoms with van der Waals surface area (Å²) in [5.74, 6) is 0. The molecule has 0 bridgehead atoms. The van der Waals surface area contributed by atoms with Gasteiger partial charge in [0, 0.05) is 0 Å². The summed E-state index contributed by atoms with van der Waals surface area (Å²) < 4.78 is 11.2. The first-order chi connectivity index (χ1) is 7.25. The van der Waals surface area contributed by atoms with Crippen LogP contribution in [0.1, 0.15) is 6.92 Å². The summed E-state index contributed by atoms with van der Waals surface area (Å²) in [5.41, 5.74) is 0. The first-order valence-corrected chi connectivity index (χ1v) is 6.65. The average molecular weight is 271 g/mol. The van der Waals surface area contributed by atoms with E-state index in [-0.39, 0.29) is 6.10 Å². The van der Waals surface area contributed by atoms with Gasteiger partial charge in [-0.3, -0.25) is 0 Å². The first kappa shape index (κ1) is 10.5. The van der Waals surface area contributed by atoms with Crippen LogP contribution in [0.5, 0.6) is 0 Å². The zero-order chi connectivity index (χ0) is 10.7. The van der Waals surface area contributed by atoms with Crippen LogP contribution in [0.3, 0.4) is 0 Å². The van der Waals surface area contributed by atoms with E-state index in [2.05, 4.69) is 12.1 Å². The Labute approximate surface area is 94.9 Å². The topological polar surface area (TPSA) is 35.5 Å². The number of benzene rings is 1. The van der Waals surface area contributed by atoms with Crippen LogP contribution in [0.2, 0.25) is 4.82 Å². The molecule has 0 amide bonds. The second kappa shape index (κ2) is 4.69. The van der Waals surface area contributed by atoms with Crippen molar-refractivity contribution in [2.75, 3.05) is 6.61 Å². The minimum absolute atomic E-state index is 0.0357. The summed E-state index contributed by atoms with van der Waals surface area (Å²) in [6, 6.07) is 10.3. The van der Waals surface area contributed by atoms with Crippen LogP contribution in [-0.2, 0) is 9.47 Å². The molecule has 1 aromatic rings. The van der Waals surface area contributed by atoms with Gasteiger partial charge in [-0.25, -0.2) is 0 Å². The van der Waals surface area contributed by atoms with Crippen LogP contribution in [-0.4, -0.2) is 33.8 Å². The fourth-order valence-electron chi connectivity index (χ4n) is 1.35. The Hall–Kier alpha value is -0.991. The fourth-order valence-corrected chi connectivity index (χ4v) is 3.55. The van der Waals surface area contributed by atoms with E-state index in [4.69, 9.17) is 9.47 Å². The second-order valence-corrected chi connectivity index (χ2v) is 6.11. The van der Waals surface area contributed by atoms with Gasteiger partial charge in [0.05, 0.1) is 0 Å². The third kappa shape index (κ3) is 2.74. The Morgan fingerprint density at radius 1 is 1.33 bits per heavy atom. The first-order valence-electron chi connectivity index (χ1n) is 4.81. The van der Waals surface area contributed by atoms with Crippen LogP contribution in [0.25, 0.3) is 0 Å². The molecule has 1 aliphatic heterocycles. The van der Waals surface area contributed by atoms with Gasteiger partial charge in [0.1, 0.15) is 0 Å². The number of carbonyl (C=O) groups excluding carboxylic acids is 1. The number of cyclic esters (lactones) is 2. The molecule has 2 rings (SSSR count). The molecule has 2 atom stereocenters. The Morgan fingerprint density at radius 2 is 2.07 bits per heavy atom. The Balaban J connectivity index is 1.98. The molecule has 0 spiro atoms. The van der Waals surface area contributed by atoms with Crippen molar-refractivity contribution in [1.82, 2.24) is 0 Å². The van der Waals surface area contributed by atoms with E-state index in [1.807, 2.05) is 25.1 Å². The quantitative estimate of drug-likeness (QED) is 0.602. The Bertz CT molecular complexity index is 339. The zero-order valence-corrected chi connectivity index (χ0v) is 10.1. The molecule has 0 radical (unpaired) electrons. The van der Waals surface area contributed by atoms with E-state index in [1.54, 1.807) is 0 Å². The van der Waals surface area contributed by atoms with E-state index in [1.165, 1.54) is 4.46 Å². The second-order valence-electron chi connectivity index (χ2n) is 3.35. The van der Waals surface area contributed by atoms with E-state index < -0.39 is 6.16 Å². The summed E-state index contributed by atoms with van der Waals surface area (Å²) in [6.07, 6.45) is -0.575. The number of ether oxygens (including phenoxy) is 2. The molecule has 0 saturated carbocycles. The number of hydrogen-bond donors (Lipinski definition) is 0. The molecule has 1 aromatic carbocycles. The van der Waals surface area contributed by atoms with E-state index in [0.717, 1.165) is 0 Å². The average Bonchev–Trinajstić information content (AvgIpc) is 2.24. The Kier molecular flexibility index (Phi) is 3.29. The van der Waals surface area contributed by atoms with Gasteiger partial charge in [0.2, 0.25) is 0 Å². The summed E-state index contributed by atoms with van der Waals surface area (Å²) >= 11 is 0.293. The predicted molar refractivity (Wildman–Crippen MR) is 57.5 cm³/mol. The molecular formula is C11H12O3Se. The molecule has 4 heteroatoms. The van der Waals surface area contributed by atoms with E-state index >= 15 is 0 Å². The van der Waals surface area contributed by atoms with Crippen molar-refractivity contribution in [2.45, 2.75) is 17.8 Å². The third-order valence-corrected chi connectivity index (χ3v) is 5.07. The molecule has 80 valence electrons. The van der Waals surface area contributed by atoms with Crippen LogP contribution < -0.4 is 4.46 Å². The van der Waals surface area contributed by atoms with Gasteiger partial charge in [-0.15, -0.1) is 0 Å². The predicted octanol–water partition coefficient (Wildman–Crippen LogP) is 1.36. The molecule has 1 heterocycles. The van der Waals surface area contributed by atoms with Crippen molar-refractivity contribution >= 4 is 25.6 Å². The summed E-state index contributed by atoms with van der Waals surface area (Å²) in [6.45, 7) is 2.41. The van der Waals surface area contributed by atoms with Crippen molar-refractivity contribution in [3.05, 3.63) is 30.3 Å². The molecule has 0 N–H and O–H groups in total. The number of hydrogen-bond acceptors (Lipinski definition) is 3. The van der Waals surface area contributed by atoms with Gasteiger partial charge in [-0.1, -0.05) is 0 Å². The van der Waals surface area contributed by atoms with Gasteiger partial charge in [0.25, 0.3) is 0 Å². The molecule has 1 saturated heterocycles. The van der Waals surface area contributed by atoms with Crippen LogP contribution in [0.4, 0.5) is 4.79 Å².